The Bertz CT molecular complexity index is 280. The molecule has 0 radical (unpaired) electrons. The zero-order valence-electron chi connectivity index (χ0n) is 6.60. The van der Waals surface area contributed by atoms with Crippen LogP contribution in [0.1, 0.15) is 5.56 Å². The second kappa shape index (κ2) is 4.41. The Morgan fingerprint density at radius 1 is 1.50 bits per heavy atom. The van der Waals surface area contributed by atoms with Crippen LogP contribution in [0.15, 0.2) is 30.6 Å². The molecule has 0 unspecified atom stereocenters. The summed E-state index contributed by atoms with van der Waals surface area (Å²) in [7, 11) is 0. The van der Waals surface area contributed by atoms with Gasteiger partial charge in [-0.1, -0.05) is 6.08 Å². The van der Waals surface area contributed by atoms with Crippen LogP contribution in [0.5, 0.6) is 0 Å². The van der Waals surface area contributed by atoms with Crippen molar-refractivity contribution in [3.8, 4) is 0 Å². The molecule has 0 saturated heterocycles. The number of ketones is 1. The molecule has 0 amide bonds. The number of aromatic nitrogens is 1. The zero-order chi connectivity index (χ0) is 8.81. The largest absolute Gasteiger partial charge is 0.324 e. The number of hydrogen-bond donors (Lipinski definition) is 1. The van der Waals surface area contributed by atoms with E-state index in [9.17, 15) is 4.79 Å². The first kappa shape index (κ1) is 8.62. The lowest BCUT2D eigenvalue weighted by Crippen LogP contribution is -2.09. The molecular weight excluding hydrogens is 152 g/mol. The van der Waals surface area contributed by atoms with Crippen LogP contribution in [-0.2, 0) is 4.79 Å². The number of hydrogen-bond acceptors (Lipinski definition) is 3. The lowest BCUT2D eigenvalue weighted by Gasteiger charge is -1.89. The van der Waals surface area contributed by atoms with Gasteiger partial charge in [-0.3, -0.25) is 9.78 Å². The topological polar surface area (TPSA) is 56.0 Å². The molecule has 1 aromatic heterocycles. The number of pyridine rings is 1. The van der Waals surface area contributed by atoms with Crippen LogP contribution in [-0.4, -0.2) is 17.3 Å². The molecule has 1 aromatic rings. The fraction of sp³-hybridized carbons (Fsp3) is 0.111. The van der Waals surface area contributed by atoms with E-state index >= 15 is 0 Å². The highest BCUT2D eigenvalue weighted by Crippen LogP contribution is 1.98. The average Bonchev–Trinajstić information content (AvgIpc) is 2.16. The van der Waals surface area contributed by atoms with E-state index in [4.69, 9.17) is 5.73 Å². The Morgan fingerprint density at radius 2 is 2.17 bits per heavy atom. The van der Waals surface area contributed by atoms with Crippen LogP contribution >= 0.6 is 0 Å². The van der Waals surface area contributed by atoms with Crippen molar-refractivity contribution in [2.75, 3.05) is 6.54 Å². The van der Waals surface area contributed by atoms with E-state index < -0.39 is 0 Å². The third-order valence-electron chi connectivity index (χ3n) is 1.37. The summed E-state index contributed by atoms with van der Waals surface area (Å²) >= 11 is 0. The molecule has 12 heavy (non-hydrogen) atoms. The van der Waals surface area contributed by atoms with Crippen molar-refractivity contribution >= 4 is 11.9 Å². The van der Waals surface area contributed by atoms with Gasteiger partial charge in [-0.2, -0.15) is 0 Å². The molecule has 0 bridgehead atoms. The number of nitrogens with two attached hydrogens (primary N) is 1. The highest BCUT2D eigenvalue weighted by Gasteiger charge is 1.89. The zero-order valence-corrected chi connectivity index (χ0v) is 6.60. The first-order chi connectivity index (χ1) is 5.83. The van der Waals surface area contributed by atoms with Crippen molar-refractivity contribution in [1.29, 1.82) is 0 Å². The quantitative estimate of drug-likeness (QED) is 0.663. The SMILES string of the molecule is NCC(=O)/C=C/c1ccncc1. The Kier molecular flexibility index (Phi) is 3.17. The molecule has 0 aliphatic carbocycles. The Balaban J connectivity index is 2.64. The van der Waals surface area contributed by atoms with Crippen molar-refractivity contribution < 1.29 is 4.79 Å². The minimum absolute atomic E-state index is 0.0571. The normalized spacial score (nSPS) is 10.4. The van der Waals surface area contributed by atoms with Gasteiger partial charge in [0, 0.05) is 12.4 Å². The smallest absolute Gasteiger partial charge is 0.169 e. The van der Waals surface area contributed by atoms with E-state index in [0.717, 1.165) is 5.56 Å². The van der Waals surface area contributed by atoms with E-state index in [1.165, 1.54) is 6.08 Å². The minimum atomic E-state index is -0.0770. The maximum atomic E-state index is 10.8. The summed E-state index contributed by atoms with van der Waals surface area (Å²) in [6, 6.07) is 3.64. The van der Waals surface area contributed by atoms with E-state index in [0.29, 0.717) is 0 Å². The van der Waals surface area contributed by atoms with Crippen molar-refractivity contribution in [1.82, 2.24) is 4.98 Å². The highest BCUT2D eigenvalue weighted by molar-refractivity contribution is 5.94. The number of rotatable bonds is 3. The van der Waals surface area contributed by atoms with Crippen molar-refractivity contribution in [2.45, 2.75) is 0 Å². The fourth-order valence-electron chi connectivity index (χ4n) is 0.732. The molecule has 0 atom stereocenters. The molecule has 62 valence electrons. The molecular formula is C9H10N2O. The van der Waals surface area contributed by atoms with Gasteiger partial charge in [-0.15, -0.1) is 0 Å². The first-order valence-electron chi connectivity index (χ1n) is 3.64. The lowest BCUT2D eigenvalue weighted by molar-refractivity contribution is -0.113. The summed E-state index contributed by atoms with van der Waals surface area (Å²) in [5.74, 6) is -0.0770. The van der Waals surface area contributed by atoms with Gasteiger partial charge in [0.2, 0.25) is 0 Å². The number of carbonyl (C=O) groups is 1. The number of carbonyl (C=O) groups excluding carboxylic acids is 1. The Morgan fingerprint density at radius 3 is 2.75 bits per heavy atom. The van der Waals surface area contributed by atoms with Crippen molar-refractivity contribution in [2.24, 2.45) is 5.73 Å². The molecule has 3 nitrogen and oxygen atoms in total. The Hall–Kier alpha value is -1.48. The van der Waals surface area contributed by atoms with Crippen LogP contribution < -0.4 is 5.73 Å². The van der Waals surface area contributed by atoms with Gasteiger partial charge < -0.3 is 5.73 Å². The third kappa shape index (κ3) is 2.64. The molecule has 3 heteroatoms. The first-order valence-corrected chi connectivity index (χ1v) is 3.64. The molecule has 0 aliphatic heterocycles. The molecule has 0 aliphatic rings. The standard InChI is InChI=1S/C9H10N2O/c10-7-9(12)2-1-8-3-5-11-6-4-8/h1-6H,7,10H2/b2-1+. The van der Waals surface area contributed by atoms with Crippen LogP contribution in [0.25, 0.3) is 6.08 Å². The van der Waals surface area contributed by atoms with Gasteiger partial charge in [0.25, 0.3) is 0 Å². The van der Waals surface area contributed by atoms with E-state index in [1.54, 1.807) is 18.5 Å². The second-order valence-corrected chi connectivity index (χ2v) is 2.28. The lowest BCUT2D eigenvalue weighted by atomic mass is 10.2. The van der Waals surface area contributed by atoms with E-state index in [1.807, 2.05) is 12.1 Å². The molecule has 2 N–H and O–H groups in total. The van der Waals surface area contributed by atoms with Gasteiger partial charge in [-0.25, -0.2) is 0 Å². The molecule has 1 rings (SSSR count). The van der Waals surface area contributed by atoms with Gasteiger partial charge in [0.1, 0.15) is 0 Å². The molecule has 0 fully saturated rings. The molecule has 1 heterocycles. The van der Waals surface area contributed by atoms with Gasteiger partial charge >= 0.3 is 0 Å². The van der Waals surface area contributed by atoms with Gasteiger partial charge in [0.15, 0.2) is 5.78 Å². The van der Waals surface area contributed by atoms with Crippen LogP contribution in [0.3, 0.4) is 0 Å². The summed E-state index contributed by atoms with van der Waals surface area (Å²) in [5, 5.41) is 0. The van der Waals surface area contributed by atoms with E-state index in [2.05, 4.69) is 4.98 Å². The summed E-state index contributed by atoms with van der Waals surface area (Å²) in [6.07, 6.45) is 6.53. The van der Waals surface area contributed by atoms with Crippen LogP contribution in [0.2, 0.25) is 0 Å². The molecule has 0 saturated carbocycles. The number of nitrogens with zero attached hydrogens (tertiary/aromatic N) is 1. The summed E-state index contributed by atoms with van der Waals surface area (Å²) in [6.45, 7) is 0.0571. The Labute approximate surface area is 70.9 Å². The molecule has 0 aromatic carbocycles. The van der Waals surface area contributed by atoms with Crippen molar-refractivity contribution in [3.63, 3.8) is 0 Å². The fourth-order valence-corrected chi connectivity index (χ4v) is 0.732. The maximum absolute atomic E-state index is 10.8. The summed E-state index contributed by atoms with van der Waals surface area (Å²) in [4.78, 5) is 14.6. The van der Waals surface area contributed by atoms with Gasteiger partial charge in [0.05, 0.1) is 6.54 Å². The summed E-state index contributed by atoms with van der Waals surface area (Å²) in [5.41, 5.74) is 6.07. The van der Waals surface area contributed by atoms with E-state index in [-0.39, 0.29) is 12.3 Å². The third-order valence-corrected chi connectivity index (χ3v) is 1.37. The predicted molar refractivity (Wildman–Crippen MR) is 47.3 cm³/mol. The summed E-state index contributed by atoms with van der Waals surface area (Å²) < 4.78 is 0. The second-order valence-electron chi connectivity index (χ2n) is 2.28. The molecule has 0 spiro atoms. The minimum Gasteiger partial charge on any atom is -0.324 e. The predicted octanol–water partition coefficient (Wildman–Crippen LogP) is 0.623. The van der Waals surface area contributed by atoms with Crippen LogP contribution in [0, 0.1) is 0 Å². The van der Waals surface area contributed by atoms with Gasteiger partial charge in [-0.05, 0) is 23.8 Å². The maximum Gasteiger partial charge on any atom is 0.169 e. The average molecular weight is 162 g/mol. The van der Waals surface area contributed by atoms with Crippen LogP contribution in [0.4, 0.5) is 0 Å². The van der Waals surface area contributed by atoms with Crippen molar-refractivity contribution in [3.05, 3.63) is 36.2 Å². The monoisotopic (exact) mass is 162 g/mol. The highest BCUT2D eigenvalue weighted by atomic mass is 16.1.